The number of piperazine rings is 1. The fraction of sp³-hybridized carbons (Fsp3) is 0.360. The molecule has 1 aliphatic rings. The van der Waals surface area contributed by atoms with Gasteiger partial charge in [-0.2, -0.15) is 11.8 Å². The maximum atomic E-state index is 13.2. The number of benzene rings is 2. The summed E-state index contributed by atoms with van der Waals surface area (Å²) in [5.41, 5.74) is 1.74. The lowest BCUT2D eigenvalue weighted by Crippen LogP contribution is -2.55. The van der Waals surface area contributed by atoms with Gasteiger partial charge in [0, 0.05) is 37.2 Å². The van der Waals surface area contributed by atoms with E-state index in [9.17, 15) is 9.59 Å². The maximum absolute atomic E-state index is 13.2. The summed E-state index contributed by atoms with van der Waals surface area (Å²) >= 11 is 5.10. The van der Waals surface area contributed by atoms with Gasteiger partial charge in [0.1, 0.15) is 6.04 Å². The minimum absolute atomic E-state index is 0.0129. The van der Waals surface area contributed by atoms with Gasteiger partial charge in [-0.3, -0.25) is 14.5 Å². The molecular weight excluding hydrogens is 486 g/mol. The Morgan fingerprint density at radius 2 is 1.75 bits per heavy atom. The third-order valence-electron chi connectivity index (χ3n) is 5.49. The van der Waals surface area contributed by atoms with Gasteiger partial charge in [0.2, 0.25) is 5.91 Å². The van der Waals surface area contributed by atoms with Crippen molar-refractivity contribution in [2.45, 2.75) is 12.5 Å². The van der Waals surface area contributed by atoms with E-state index in [0.717, 1.165) is 29.9 Å². The summed E-state index contributed by atoms with van der Waals surface area (Å²) in [4.78, 5) is 30.2. The smallest absolute Gasteiger partial charge is 0.253 e. The summed E-state index contributed by atoms with van der Waals surface area (Å²) in [5.74, 6) is 0.609. The van der Waals surface area contributed by atoms with Crippen LogP contribution in [0.3, 0.4) is 0 Å². The SMILES string of the molecule is CSCCC(NC(=O)c1ccccc1Br)C(=O)N1CCN(C/C=C/c2ccccc2)CC1. The maximum Gasteiger partial charge on any atom is 0.253 e. The van der Waals surface area contributed by atoms with Crippen LogP contribution in [0, 0.1) is 0 Å². The number of carbonyl (C=O) groups is 2. The first-order chi connectivity index (χ1) is 15.6. The van der Waals surface area contributed by atoms with E-state index in [1.54, 1.807) is 17.8 Å². The average molecular weight is 517 g/mol. The van der Waals surface area contributed by atoms with Gasteiger partial charge in [-0.25, -0.2) is 0 Å². The zero-order valence-corrected chi connectivity index (χ0v) is 20.8. The fourth-order valence-corrected chi connectivity index (χ4v) is 4.58. The monoisotopic (exact) mass is 515 g/mol. The van der Waals surface area contributed by atoms with Crippen LogP contribution in [0.2, 0.25) is 0 Å². The van der Waals surface area contributed by atoms with Crippen molar-refractivity contribution in [3.63, 3.8) is 0 Å². The van der Waals surface area contributed by atoms with Crippen LogP contribution in [0.25, 0.3) is 6.08 Å². The number of hydrogen-bond donors (Lipinski definition) is 1. The van der Waals surface area contributed by atoms with Gasteiger partial charge < -0.3 is 10.2 Å². The number of hydrogen-bond acceptors (Lipinski definition) is 4. The molecule has 2 aromatic rings. The molecule has 1 atom stereocenters. The Kier molecular flexibility index (Phi) is 9.84. The molecule has 7 heteroatoms. The van der Waals surface area contributed by atoms with Crippen LogP contribution in [0.4, 0.5) is 0 Å². The molecule has 0 bridgehead atoms. The van der Waals surface area contributed by atoms with Gasteiger partial charge in [0.15, 0.2) is 0 Å². The van der Waals surface area contributed by atoms with E-state index in [1.165, 1.54) is 5.56 Å². The van der Waals surface area contributed by atoms with Crippen LogP contribution >= 0.6 is 27.7 Å². The summed E-state index contributed by atoms with van der Waals surface area (Å²) in [7, 11) is 0. The second kappa shape index (κ2) is 12.8. The lowest BCUT2D eigenvalue weighted by atomic mass is 10.1. The molecule has 0 aromatic heterocycles. The first kappa shape index (κ1) is 24.6. The summed E-state index contributed by atoms with van der Waals surface area (Å²) in [6.07, 6.45) is 6.94. The van der Waals surface area contributed by atoms with Gasteiger partial charge in [0.25, 0.3) is 5.91 Å². The molecule has 0 aliphatic carbocycles. The Labute approximate surface area is 203 Å². The van der Waals surface area contributed by atoms with Gasteiger partial charge in [-0.1, -0.05) is 54.6 Å². The van der Waals surface area contributed by atoms with E-state index < -0.39 is 6.04 Å². The van der Waals surface area contributed by atoms with E-state index in [-0.39, 0.29) is 11.8 Å². The Bertz CT molecular complexity index is 914. The molecule has 0 spiro atoms. The first-order valence-corrected chi connectivity index (χ1v) is 13.0. The van der Waals surface area contributed by atoms with Crippen LogP contribution in [0.1, 0.15) is 22.3 Å². The molecule has 1 heterocycles. The molecule has 1 aliphatic heterocycles. The Morgan fingerprint density at radius 1 is 1.06 bits per heavy atom. The van der Waals surface area contributed by atoms with Crippen LogP contribution < -0.4 is 5.32 Å². The van der Waals surface area contributed by atoms with Crippen molar-refractivity contribution in [1.82, 2.24) is 15.1 Å². The predicted octanol–water partition coefficient (Wildman–Crippen LogP) is 4.16. The largest absolute Gasteiger partial charge is 0.340 e. The van der Waals surface area contributed by atoms with Crippen LogP contribution in [0.5, 0.6) is 0 Å². The molecule has 1 unspecified atom stereocenters. The zero-order valence-electron chi connectivity index (χ0n) is 18.4. The highest BCUT2D eigenvalue weighted by atomic mass is 79.9. The van der Waals surface area contributed by atoms with Gasteiger partial charge in [-0.15, -0.1) is 0 Å². The molecule has 1 fully saturated rings. The third kappa shape index (κ3) is 7.22. The number of amides is 2. The normalized spacial score (nSPS) is 15.6. The average Bonchev–Trinajstić information content (AvgIpc) is 2.82. The van der Waals surface area contributed by atoms with E-state index in [4.69, 9.17) is 0 Å². The Morgan fingerprint density at radius 3 is 2.44 bits per heavy atom. The van der Waals surface area contributed by atoms with Crippen molar-refractivity contribution in [2.24, 2.45) is 0 Å². The molecule has 0 saturated carbocycles. The Balaban J connectivity index is 1.53. The number of thioether (sulfide) groups is 1. The van der Waals surface area contributed by atoms with E-state index in [2.05, 4.69) is 50.4 Å². The van der Waals surface area contributed by atoms with Crippen molar-refractivity contribution >= 4 is 45.6 Å². The fourth-order valence-electron chi connectivity index (χ4n) is 3.65. The number of rotatable bonds is 9. The summed E-state index contributed by atoms with van der Waals surface area (Å²) < 4.78 is 0.728. The van der Waals surface area contributed by atoms with Crippen molar-refractivity contribution in [1.29, 1.82) is 0 Å². The van der Waals surface area contributed by atoms with Crippen molar-refractivity contribution in [2.75, 3.05) is 44.7 Å². The highest BCUT2D eigenvalue weighted by molar-refractivity contribution is 9.10. The third-order valence-corrected chi connectivity index (χ3v) is 6.83. The van der Waals surface area contributed by atoms with E-state index >= 15 is 0 Å². The molecule has 1 N–H and O–H groups in total. The summed E-state index contributed by atoms with van der Waals surface area (Å²) in [5, 5.41) is 2.97. The number of carbonyl (C=O) groups excluding carboxylic acids is 2. The van der Waals surface area contributed by atoms with Crippen molar-refractivity contribution < 1.29 is 9.59 Å². The molecule has 5 nitrogen and oxygen atoms in total. The van der Waals surface area contributed by atoms with Gasteiger partial charge in [0.05, 0.1) is 5.56 Å². The molecule has 170 valence electrons. The Hall–Kier alpha value is -2.09. The quantitative estimate of drug-likeness (QED) is 0.544. The van der Waals surface area contributed by atoms with Crippen LogP contribution in [0.15, 0.2) is 65.1 Å². The molecule has 2 aromatic carbocycles. The van der Waals surface area contributed by atoms with Gasteiger partial charge >= 0.3 is 0 Å². The molecule has 32 heavy (non-hydrogen) atoms. The molecule has 1 saturated heterocycles. The predicted molar refractivity (Wildman–Crippen MR) is 137 cm³/mol. The van der Waals surface area contributed by atoms with E-state index in [1.807, 2.05) is 47.6 Å². The highest BCUT2D eigenvalue weighted by Gasteiger charge is 2.28. The minimum Gasteiger partial charge on any atom is -0.340 e. The van der Waals surface area contributed by atoms with Crippen LogP contribution in [-0.4, -0.2) is 72.4 Å². The zero-order chi connectivity index (χ0) is 22.8. The highest BCUT2D eigenvalue weighted by Crippen LogP contribution is 2.17. The molecular formula is C25H30BrN3O2S. The molecule has 0 radical (unpaired) electrons. The number of nitrogens with zero attached hydrogens (tertiary/aromatic N) is 2. The lowest BCUT2D eigenvalue weighted by Gasteiger charge is -2.36. The first-order valence-electron chi connectivity index (χ1n) is 10.9. The summed E-state index contributed by atoms with van der Waals surface area (Å²) in [6.45, 7) is 3.89. The van der Waals surface area contributed by atoms with Crippen molar-refractivity contribution in [3.05, 3.63) is 76.3 Å². The van der Waals surface area contributed by atoms with Crippen molar-refractivity contribution in [3.8, 4) is 0 Å². The summed E-state index contributed by atoms with van der Waals surface area (Å²) in [6, 6.07) is 17.0. The number of halogens is 1. The standard InChI is InChI=1S/C25H30BrN3O2S/c1-32-19-13-23(27-24(30)21-11-5-6-12-22(21)26)25(31)29-17-15-28(16-18-29)14-7-10-20-8-3-2-4-9-20/h2-12,23H,13-19H2,1H3,(H,27,30)/b10-7+. The van der Waals surface area contributed by atoms with E-state index in [0.29, 0.717) is 25.1 Å². The topological polar surface area (TPSA) is 52.7 Å². The second-order valence-corrected chi connectivity index (χ2v) is 9.57. The van der Waals surface area contributed by atoms with Crippen LogP contribution in [-0.2, 0) is 4.79 Å². The second-order valence-electron chi connectivity index (χ2n) is 7.73. The van der Waals surface area contributed by atoms with Gasteiger partial charge in [-0.05, 0) is 52.1 Å². The minimum atomic E-state index is -0.508. The lowest BCUT2D eigenvalue weighted by molar-refractivity contribution is -0.135. The molecule has 2 amide bonds. The molecule has 3 rings (SSSR count). The number of nitrogens with one attached hydrogen (secondary N) is 1.